The second kappa shape index (κ2) is 9.00. The predicted octanol–water partition coefficient (Wildman–Crippen LogP) is 4.01. The lowest BCUT2D eigenvalue weighted by atomic mass is 10.1. The number of rotatable bonds is 3. The highest BCUT2D eigenvalue weighted by Crippen LogP contribution is 2.34. The molecule has 2 aromatic carbocycles. The van der Waals surface area contributed by atoms with Crippen molar-refractivity contribution < 1.29 is 9.72 Å². The van der Waals surface area contributed by atoms with Gasteiger partial charge in [0.2, 0.25) is 0 Å². The van der Waals surface area contributed by atoms with Crippen molar-refractivity contribution in [1.29, 1.82) is 0 Å². The van der Waals surface area contributed by atoms with Crippen LogP contribution in [0.5, 0.6) is 0 Å². The van der Waals surface area contributed by atoms with Crippen LogP contribution in [0.4, 0.5) is 11.4 Å². The minimum Gasteiger partial charge on any atom is -0.362 e. The van der Waals surface area contributed by atoms with Gasteiger partial charge in [0.15, 0.2) is 0 Å². The molecule has 1 aliphatic rings. The lowest BCUT2D eigenvalue weighted by molar-refractivity contribution is -0.385. The average Bonchev–Trinajstić information content (AvgIpc) is 2.76. The molecule has 32 heavy (non-hydrogen) atoms. The summed E-state index contributed by atoms with van der Waals surface area (Å²) in [6.07, 6.45) is 0. The first-order valence-corrected chi connectivity index (χ1v) is 10.2. The van der Waals surface area contributed by atoms with Crippen molar-refractivity contribution in [2.24, 2.45) is 7.05 Å². The van der Waals surface area contributed by atoms with Crippen LogP contribution in [0.3, 0.4) is 0 Å². The molecule has 2 heterocycles. The second-order valence-corrected chi connectivity index (χ2v) is 8.06. The Kier molecular flexibility index (Phi) is 6.55. The fourth-order valence-corrected chi connectivity index (χ4v) is 4.15. The maximum Gasteiger partial charge on any atom is 0.357 e. The zero-order chi connectivity index (χ0) is 22.3. The highest BCUT2D eigenvalue weighted by molar-refractivity contribution is 6.30. The van der Waals surface area contributed by atoms with Crippen LogP contribution in [0.15, 0.2) is 47.3 Å². The molecule has 1 aliphatic heterocycles. The first kappa shape index (κ1) is 23.3. The maximum absolute atomic E-state index is 12.8. The number of nitrogens with zero attached hydrogens (tertiary/aromatic N) is 4. The average molecular weight is 457 g/mol. The van der Waals surface area contributed by atoms with E-state index in [-0.39, 0.29) is 13.3 Å². The zero-order valence-electron chi connectivity index (χ0n) is 17.2. The SMILES string of the molecule is C.Cc1ccc2c(c1)c(N1CCN(C(=O)c3ccc(Cl)cc3)CC1)c([N+](=O)[O-])c(=O)n2C. The third-order valence-corrected chi connectivity index (χ3v) is 5.91. The number of pyridine rings is 1. The summed E-state index contributed by atoms with van der Waals surface area (Å²) in [5.41, 5.74) is 1.37. The molecule has 4 rings (SSSR count). The van der Waals surface area contributed by atoms with Crippen molar-refractivity contribution in [3.05, 3.63) is 79.1 Å². The van der Waals surface area contributed by atoms with E-state index < -0.39 is 16.2 Å². The predicted molar refractivity (Wildman–Crippen MR) is 127 cm³/mol. The summed E-state index contributed by atoms with van der Waals surface area (Å²) in [6, 6.07) is 12.2. The van der Waals surface area contributed by atoms with Gasteiger partial charge in [-0.05, 0) is 43.3 Å². The number of benzene rings is 2. The highest BCUT2D eigenvalue weighted by atomic mass is 35.5. The lowest BCUT2D eigenvalue weighted by Crippen LogP contribution is -2.49. The number of hydrogen-bond donors (Lipinski definition) is 0. The van der Waals surface area contributed by atoms with Gasteiger partial charge in [0.25, 0.3) is 5.91 Å². The monoisotopic (exact) mass is 456 g/mol. The number of hydrogen-bond acceptors (Lipinski definition) is 5. The summed E-state index contributed by atoms with van der Waals surface area (Å²) in [4.78, 5) is 40.3. The number of aromatic nitrogens is 1. The summed E-state index contributed by atoms with van der Waals surface area (Å²) in [5.74, 6) is -0.115. The Morgan fingerprint density at radius 1 is 1.06 bits per heavy atom. The van der Waals surface area contributed by atoms with Gasteiger partial charge in [0.1, 0.15) is 5.69 Å². The molecule has 1 saturated heterocycles. The quantitative estimate of drug-likeness (QED) is 0.439. The summed E-state index contributed by atoms with van der Waals surface area (Å²) < 4.78 is 1.32. The highest BCUT2D eigenvalue weighted by Gasteiger charge is 2.31. The number of nitro groups is 1. The van der Waals surface area contributed by atoms with Crippen LogP contribution in [0.25, 0.3) is 10.9 Å². The Balaban J connectivity index is 0.00000289. The van der Waals surface area contributed by atoms with Crippen LogP contribution >= 0.6 is 11.6 Å². The Morgan fingerprint density at radius 2 is 1.69 bits per heavy atom. The van der Waals surface area contributed by atoms with Crippen molar-refractivity contribution in [2.75, 3.05) is 31.1 Å². The number of halogens is 1. The smallest absolute Gasteiger partial charge is 0.357 e. The molecule has 1 amide bonds. The summed E-state index contributed by atoms with van der Waals surface area (Å²) in [7, 11) is 1.54. The van der Waals surface area contributed by atoms with Gasteiger partial charge < -0.3 is 14.4 Å². The van der Waals surface area contributed by atoms with Crippen molar-refractivity contribution in [3.63, 3.8) is 0 Å². The van der Waals surface area contributed by atoms with Crippen LogP contribution < -0.4 is 10.5 Å². The van der Waals surface area contributed by atoms with Crippen molar-refractivity contribution in [3.8, 4) is 0 Å². The zero-order valence-corrected chi connectivity index (χ0v) is 17.9. The van der Waals surface area contributed by atoms with Crippen molar-refractivity contribution in [1.82, 2.24) is 9.47 Å². The summed E-state index contributed by atoms with van der Waals surface area (Å²) >= 11 is 5.90. The maximum atomic E-state index is 12.8. The van der Waals surface area contributed by atoms with E-state index in [0.29, 0.717) is 53.4 Å². The molecule has 9 heteroatoms. The molecule has 3 aromatic rings. The lowest BCUT2D eigenvalue weighted by Gasteiger charge is -2.36. The number of carbonyl (C=O) groups is 1. The third kappa shape index (κ3) is 4.05. The molecule has 168 valence electrons. The normalized spacial score (nSPS) is 13.7. The minimum atomic E-state index is -0.643. The van der Waals surface area contributed by atoms with E-state index in [4.69, 9.17) is 11.6 Å². The Bertz CT molecular complexity index is 1250. The standard InChI is InChI=1S/C22H21ClN4O4.CH4/c1-14-3-8-18-17(13-14)19(20(27(30)31)22(29)24(18)2)25-9-11-26(12-10-25)21(28)15-4-6-16(23)7-5-15;/h3-8,13H,9-12H2,1-2H3;1H4. The fraction of sp³-hybridized carbons (Fsp3) is 0.304. The molecule has 0 radical (unpaired) electrons. The first-order chi connectivity index (χ1) is 14.8. The van der Waals surface area contributed by atoms with Gasteiger partial charge in [-0.25, -0.2) is 0 Å². The van der Waals surface area contributed by atoms with Crippen LogP contribution in [-0.4, -0.2) is 46.5 Å². The summed E-state index contributed by atoms with van der Waals surface area (Å²) in [5, 5.41) is 13.1. The van der Waals surface area contributed by atoms with Crippen molar-refractivity contribution in [2.45, 2.75) is 14.4 Å². The van der Waals surface area contributed by atoms with Crippen LogP contribution in [0.1, 0.15) is 23.3 Å². The molecular weight excluding hydrogens is 432 g/mol. The first-order valence-electron chi connectivity index (χ1n) is 9.85. The third-order valence-electron chi connectivity index (χ3n) is 5.66. The van der Waals surface area contributed by atoms with Crippen LogP contribution in [0.2, 0.25) is 5.02 Å². The van der Waals surface area contributed by atoms with Gasteiger partial charge in [-0.15, -0.1) is 0 Å². The summed E-state index contributed by atoms with van der Waals surface area (Å²) in [6.45, 7) is 3.46. The topological polar surface area (TPSA) is 88.7 Å². The number of aryl methyl sites for hydroxylation is 2. The van der Waals surface area contributed by atoms with Crippen molar-refractivity contribution >= 4 is 39.8 Å². The molecule has 0 spiro atoms. The Morgan fingerprint density at radius 3 is 2.28 bits per heavy atom. The number of anilines is 1. The van der Waals surface area contributed by atoms with Gasteiger partial charge in [-0.2, -0.15) is 0 Å². The fourth-order valence-electron chi connectivity index (χ4n) is 4.02. The van der Waals surface area contributed by atoms with E-state index in [1.807, 2.05) is 24.0 Å². The van der Waals surface area contributed by atoms with E-state index in [0.717, 1.165) is 5.56 Å². The molecule has 1 fully saturated rings. The number of fused-ring (bicyclic) bond motifs is 1. The van der Waals surface area contributed by atoms with Gasteiger partial charge >= 0.3 is 11.2 Å². The van der Waals surface area contributed by atoms with Gasteiger partial charge in [-0.1, -0.05) is 30.7 Å². The second-order valence-electron chi connectivity index (χ2n) is 7.63. The Labute approximate surface area is 190 Å². The number of carbonyl (C=O) groups excluding carboxylic acids is 1. The molecule has 0 N–H and O–H groups in total. The molecule has 0 aliphatic carbocycles. The largest absolute Gasteiger partial charge is 0.362 e. The van der Waals surface area contributed by atoms with E-state index in [2.05, 4.69) is 0 Å². The van der Waals surface area contributed by atoms with Gasteiger partial charge in [0.05, 0.1) is 10.4 Å². The van der Waals surface area contributed by atoms with E-state index in [9.17, 15) is 19.7 Å². The van der Waals surface area contributed by atoms with Crippen LogP contribution in [0, 0.1) is 17.0 Å². The van der Waals surface area contributed by atoms with E-state index in [1.165, 1.54) is 4.57 Å². The van der Waals surface area contributed by atoms with E-state index >= 15 is 0 Å². The molecule has 0 bridgehead atoms. The molecule has 0 saturated carbocycles. The van der Waals surface area contributed by atoms with Crippen LogP contribution in [-0.2, 0) is 7.05 Å². The number of piperazine rings is 1. The van der Waals surface area contributed by atoms with Gasteiger partial charge in [0, 0.05) is 49.2 Å². The van der Waals surface area contributed by atoms with Gasteiger partial charge in [-0.3, -0.25) is 19.7 Å². The molecule has 0 atom stereocenters. The van der Waals surface area contributed by atoms with E-state index in [1.54, 1.807) is 42.3 Å². The molecule has 0 unspecified atom stereocenters. The Hall–Kier alpha value is -3.39. The molecule has 1 aromatic heterocycles. The molecule has 8 nitrogen and oxygen atoms in total. The number of amides is 1. The minimum absolute atomic E-state index is 0. The molecular formula is C23H25ClN4O4.